The number of hydrogen-bond donors (Lipinski definition) is 1. The number of carbonyl (C=O) groups is 1. The summed E-state index contributed by atoms with van der Waals surface area (Å²) in [5.74, 6) is -0.241. The van der Waals surface area contributed by atoms with Gasteiger partial charge in [-0.15, -0.1) is 0 Å². The SMILES string of the molecule is CN(C)CCN(C)C(=O)C(C)(C)O. The molecule has 0 aliphatic rings. The molecule has 0 heterocycles. The molecule has 0 aromatic rings. The first-order chi connectivity index (χ1) is 5.75. The lowest BCUT2D eigenvalue weighted by molar-refractivity contribution is -0.146. The van der Waals surface area contributed by atoms with Crippen LogP contribution in [0.3, 0.4) is 0 Å². The van der Waals surface area contributed by atoms with Crippen molar-refractivity contribution in [2.24, 2.45) is 0 Å². The fourth-order valence-corrected chi connectivity index (χ4v) is 0.919. The van der Waals surface area contributed by atoms with Gasteiger partial charge < -0.3 is 14.9 Å². The Morgan fingerprint density at radius 1 is 1.23 bits per heavy atom. The van der Waals surface area contributed by atoms with E-state index >= 15 is 0 Å². The van der Waals surface area contributed by atoms with Crippen molar-refractivity contribution in [3.05, 3.63) is 0 Å². The fraction of sp³-hybridized carbons (Fsp3) is 0.889. The molecule has 0 saturated heterocycles. The van der Waals surface area contributed by atoms with Crippen LogP contribution in [0, 0.1) is 0 Å². The maximum absolute atomic E-state index is 11.4. The van der Waals surface area contributed by atoms with Gasteiger partial charge in [0.15, 0.2) is 0 Å². The second kappa shape index (κ2) is 4.58. The molecule has 0 radical (unpaired) electrons. The minimum atomic E-state index is -1.26. The predicted octanol–water partition coefficient (Wildman–Crippen LogP) is -0.223. The minimum absolute atomic E-state index is 0.241. The Morgan fingerprint density at radius 2 is 1.69 bits per heavy atom. The van der Waals surface area contributed by atoms with Crippen LogP contribution in [-0.4, -0.2) is 60.6 Å². The molecule has 0 rings (SSSR count). The van der Waals surface area contributed by atoms with Crippen molar-refractivity contribution in [3.8, 4) is 0 Å². The summed E-state index contributed by atoms with van der Waals surface area (Å²) in [5, 5.41) is 9.42. The zero-order chi connectivity index (χ0) is 10.6. The molecular weight excluding hydrogens is 168 g/mol. The Hall–Kier alpha value is -0.610. The van der Waals surface area contributed by atoms with Crippen LogP contribution in [0.2, 0.25) is 0 Å². The monoisotopic (exact) mass is 188 g/mol. The zero-order valence-electron chi connectivity index (χ0n) is 9.16. The van der Waals surface area contributed by atoms with E-state index in [1.165, 1.54) is 13.8 Å². The summed E-state index contributed by atoms with van der Waals surface area (Å²) in [5.41, 5.74) is -1.26. The third-order valence-corrected chi connectivity index (χ3v) is 1.75. The highest BCUT2D eigenvalue weighted by Crippen LogP contribution is 2.05. The van der Waals surface area contributed by atoms with Crippen molar-refractivity contribution in [1.82, 2.24) is 9.80 Å². The van der Waals surface area contributed by atoms with E-state index in [1.807, 2.05) is 19.0 Å². The standard InChI is InChI=1S/C9H20N2O2/c1-9(2,13)8(12)11(5)7-6-10(3)4/h13H,6-7H2,1-5H3. The number of likely N-dealkylation sites (N-methyl/N-ethyl adjacent to an activating group) is 2. The molecule has 0 fully saturated rings. The Morgan fingerprint density at radius 3 is 2.00 bits per heavy atom. The lowest BCUT2D eigenvalue weighted by Gasteiger charge is -2.25. The Labute approximate surface area is 80.1 Å². The van der Waals surface area contributed by atoms with Crippen LogP contribution in [0.1, 0.15) is 13.8 Å². The van der Waals surface area contributed by atoms with Gasteiger partial charge >= 0.3 is 0 Å². The lowest BCUT2D eigenvalue weighted by Crippen LogP contribution is -2.45. The zero-order valence-corrected chi connectivity index (χ0v) is 9.16. The van der Waals surface area contributed by atoms with E-state index in [0.29, 0.717) is 6.54 Å². The summed E-state index contributed by atoms with van der Waals surface area (Å²) < 4.78 is 0. The number of nitrogens with zero attached hydrogens (tertiary/aromatic N) is 2. The van der Waals surface area contributed by atoms with Crippen LogP contribution in [0.25, 0.3) is 0 Å². The average molecular weight is 188 g/mol. The number of rotatable bonds is 4. The molecule has 13 heavy (non-hydrogen) atoms. The molecule has 0 aliphatic heterocycles. The average Bonchev–Trinajstić information content (AvgIpc) is 1.96. The van der Waals surface area contributed by atoms with Crippen molar-refractivity contribution in [2.45, 2.75) is 19.4 Å². The first kappa shape index (κ1) is 12.4. The molecular formula is C9H20N2O2. The normalized spacial score (nSPS) is 11.9. The Balaban J connectivity index is 3.98. The first-order valence-electron chi connectivity index (χ1n) is 4.38. The minimum Gasteiger partial charge on any atom is -0.381 e. The highest BCUT2D eigenvalue weighted by atomic mass is 16.3. The van der Waals surface area contributed by atoms with Crippen molar-refractivity contribution >= 4 is 5.91 Å². The fourth-order valence-electron chi connectivity index (χ4n) is 0.919. The summed E-state index contributed by atoms with van der Waals surface area (Å²) in [6.45, 7) is 4.44. The van der Waals surface area contributed by atoms with Crippen molar-refractivity contribution in [1.29, 1.82) is 0 Å². The summed E-state index contributed by atoms with van der Waals surface area (Å²) in [6.07, 6.45) is 0. The molecule has 0 aliphatic carbocycles. The molecule has 4 heteroatoms. The van der Waals surface area contributed by atoms with Crippen LogP contribution in [0.5, 0.6) is 0 Å². The van der Waals surface area contributed by atoms with E-state index < -0.39 is 5.60 Å². The summed E-state index contributed by atoms with van der Waals surface area (Å²) in [6, 6.07) is 0. The van der Waals surface area contributed by atoms with Gasteiger partial charge in [-0.25, -0.2) is 0 Å². The van der Waals surface area contributed by atoms with Gasteiger partial charge in [0.25, 0.3) is 5.91 Å². The van der Waals surface area contributed by atoms with Crippen LogP contribution in [0.4, 0.5) is 0 Å². The topological polar surface area (TPSA) is 43.8 Å². The van der Waals surface area contributed by atoms with Crippen LogP contribution in [0.15, 0.2) is 0 Å². The van der Waals surface area contributed by atoms with Gasteiger partial charge in [-0.3, -0.25) is 4.79 Å². The quantitative estimate of drug-likeness (QED) is 0.663. The molecule has 0 aromatic carbocycles. The summed E-state index contributed by atoms with van der Waals surface area (Å²) in [7, 11) is 5.59. The lowest BCUT2D eigenvalue weighted by atomic mass is 10.1. The number of hydrogen-bond acceptors (Lipinski definition) is 3. The van der Waals surface area contributed by atoms with E-state index in [1.54, 1.807) is 11.9 Å². The van der Waals surface area contributed by atoms with Gasteiger partial charge in [0.1, 0.15) is 5.60 Å². The number of amides is 1. The summed E-state index contributed by atoms with van der Waals surface area (Å²) >= 11 is 0. The molecule has 1 N–H and O–H groups in total. The van der Waals surface area contributed by atoms with Gasteiger partial charge in [-0.05, 0) is 27.9 Å². The molecule has 0 spiro atoms. The van der Waals surface area contributed by atoms with Crippen LogP contribution >= 0.6 is 0 Å². The molecule has 0 saturated carbocycles. The van der Waals surface area contributed by atoms with Gasteiger partial charge in [-0.1, -0.05) is 0 Å². The Kier molecular flexibility index (Phi) is 4.36. The molecule has 0 bridgehead atoms. The molecule has 0 aromatic heterocycles. The third-order valence-electron chi connectivity index (χ3n) is 1.75. The molecule has 1 amide bonds. The van der Waals surface area contributed by atoms with E-state index in [-0.39, 0.29) is 5.91 Å². The van der Waals surface area contributed by atoms with E-state index in [0.717, 1.165) is 6.54 Å². The highest BCUT2D eigenvalue weighted by molar-refractivity contribution is 5.83. The Bertz CT molecular complexity index is 173. The predicted molar refractivity (Wildman–Crippen MR) is 52.5 cm³/mol. The molecule has 0 unspecified atom stereocenters. The van der Waals surface area contributed by atoms with Gasteiger partial charge in [-0.2, -0.15) is 0 Å². The second-order valence-corrected chi connectivity index (χ2v) is 4.09. The van der Waals surface area contributed by atoms with Gasteiger partial charge in [0.2, 0.25) is 0 Å². The molecule has 4 nitrogen and oxygen atoms in total. The largest absolute Gasteiger partial charge is 0.381 e. The van der Waals surface area contributed by atoms with Crippen LogP contribution < -0.4 is 0 Å². The molecule has 0 atom stereocenters. The maximum Gasteiger partial charge on any atom is 0.253 e. The second-order valence-electron chi connectivity index (χ2n) is 4.09. The van der Waals surface area contributed by atoms with Crippen molar-refractivity contribution in [2.75, 3.05) is 34.2 Å². The molecule has 78 valence electrons. The van der Waals surface area contributed by atoms with Crippen molar-refractivity contribution < 1.29 is 9.90 Å². The van der Waals surface area contributed by atoms with Crippen LogP contribution in [-0.2, 0) is 4.79 Å². The summed E-state index contributed by atoms with van der Waals surface area (Å²) in [4.78, 5) is 15.0. The third kappa shape index (κ3) is 4.85. The van der Waals surface area contributed by atoms with Crippen molar-refractivity contribution in [3.63, 3.8) is 0 Å². The maximum atomic E-state index is 11.4. The van der Waals surface area contributed by atoms with Gasteiger partial charge in [0.05, 0.1) is 0 Å². The van der Waals surface area contributed by atoms with E-state index in [4.69, 9.17) is 0 Å². The van der Waals surface area contributed by atoms with E-state index in [2.05, 4.69) is 0 Å². The number of aliphatic hydroxyl groups is 1. The number of carbonyl (C=O) groups excluding carboxylic acids is 1. The first-order valence-corrected chi connectivity index (χ1v) is 4.38. The van der Waals surface area contributed by atoms with Gasteiger partial charge in [0, 0.05) is 20.1 Å². The smallest absolute Gasteiger partial charge is 0.253 e. The highest BCUT2D eigenvalue weighted by Gasteiger charge is 2.26. The van der Waals surface area contributed by atoms with E-state index in [9.17, 15) is 9.90 Å².